The van der Waals surface area contributed by atoms with Crippen molar-refractivity contribution in [3.05, 3.63) is 76.2 Å². The van der Waals surface area contributed by atoms with Crippen LogP contribution in [0.15, 0.2) is 59.4 Å². The third kappa shape index (κ3) is 3.80. The quantitative estimate of drug-likeness (QED) is 0.652. The molecule has 0 radical (unpaired) electrons. The molecule has 7 nitrogen and oxygen atoms in total. The van der Waals surface area contributed by atoms with Gasteiger partial charge in [0.1, 0.15) is 0 Å². The number of amides is 1. The summed E-state index contributed by atoms with van der Waals surface area (Å²) in [4.78, 5) is 27.6. The van der Waals surface area contributed by atoms with E-state index in [1.54, 1.807) is 31.3 Å². The van der Waals surface area contributed by atoms with E-state index in [4.69, 9.17) is 0 Å². The number of fused-ring (bicyclic) bond motifs is 1. The van der Waals surface area contributed by atoms with Crippen molar-refractivity contribution in [1.29, 1.82) is 0 Å². The molecular formula is C21H21N3O4S. The molecule has 150 valence electrons. The summed E-state index contributed by atoms with van der Waals surface area (Å²) in [7, 11) is -1.53. The van der Waals surface area contributed by atoms with Gasteiger partial charge in [0, 0.05) is 18.5 Å². The number of benzene rings is 2. The van der Waals surface area contributed by atoms with Crippen LogP contribution in [0.2, 0.25) is 0 Å². The van der Waals surface area contributed by atoms with Gasteiger partial charge >= 0.3 is 0 Å². The van der Waals surface area contributed by atoms with E-state index >= 15 is 0 Å². The molecule has 4 rings (SSSR count). The number of carbonyl (C=O) groups is 1. The SMILES string of the molecule is CN(C(=O)c1nn(Cc2ccccc2)c(=O)c2ccccc12)C1CCS(=O)(=O)C1. The molecular weight excluding hydrogens is 390 g/mol. The van der Waals surface area contributed by atoms with Crippen molar-refractivity contribution in [2.24, 2.45) is 0 Å². The fraction of sp³-hybridized carbons (Fsp3) is 0.286. The number of hydrogen-bond donors (Lipinski definition) is 0. The van der Waals surface area contributed by atoms with Crippen molar-refractivity contribution in [1.82, 2.24) is 14.7 Å². The summed E-state index contributed by atoms with van der Waals surface area (Å²) in [6.07, 6.45) is 0.409. The first-order valence-corrected chi connectivity index (χ1v) is 11.2. The van der Waals surface area contributed by atoms with E-state index in [0.717, 1.165) is 5.56 Å². The molecule has 1 fully saturated rings. The molecule has 1 aliphatic rings. The molecule has 1 amide bonds. The van der Waals surface area contributed by atoms with E-state index in [2.05, 4.69) is 5.10 Å². The van der Waals surface area contributed by atoms with Gasteiger partial charge in [0.25, 0.3) is 11.5 Å². The molecule has 0 aliphatic carbocycles. The molecule has 0 N–H and O–H groups in total. The summed E-state index contributed by atoms with van der Waals surface area (Å²) in [5.74, 6) is -0.349. The molecule has 1 saturated heterocycles. The van der Waals surface area contributed by atoms with Gasteiger partial charge in [-0.2, -0.15) is 5.10 Å². The van der Waals surface area contributed by atoms with Crippen LogP contribution in [0.3, 0.4) is 0 Å². The highest BCUT2D eigenvalue weighted by molar-refractivity contribution is 7.91. The highest BCUT2D eigenvalue weighted by Gasteiger charge is 2.34. The summed E-state index contributed by atoms with van der Waals surface area (Å²) >= 11 is 0. The fourth-order valence-corrected chi connectivity index (χ4v) is 5.44. The molecule has 0 saturated carbocycles. The smallest absolute Gasteiger partial charge is 0.274 e. The van der Waals surface area contributed by atoms with E-state index < -0.39 is 9.84 Å². The zero-order valence-electron chi connectivity index (χ0n) is 16.0. The molecule has 3 aromatic rings. The van der Waals surface area contributed by atoms with Gasteiger partial charge in [0.2, 0.25) is 0 Å². The normalized spacial score (nSPS) is 18.0. The highest BCUT2D eigenvalue weighted by Crippen LogP contribution is 2.21. The zero-order chi connectivity index (χ0) is 20.6. The van der Waals surface area contributed by atoms with Gasteiger partial charge < -0.3 is 4.90 Å². The Balaban J connectivity index is 1.78. The molecule has 2 aromatic carbocycles. The first-order valence-electron chi connectivity index (χ1n) is 9.37. The van der Waals surface area contributed by atoms with Crippen LogP contribution >= 0.6 is 0 Å². The lowest BCUT2D eigenvalue weighted by Crippen LogP contribution is -2.39. The average molecular weight is 411 g/mol. The summed E-state index contributed by atoms with van der Waals surface area (Å²) in [6, 6.07) is 15.9. The Morgan fingerprint density at radius 2 is 1.76 bits per heavy atom. The van der Waals surface area contributed by atoms with Crippen molar-refractivity contribution < 1.29 is 13.2 Å². The maximum atomic E-state index is 13.2. The van der Waals surface area contributed by atoms with E-state index in [-0.39, 0.29) is 41.3 Å². The summed E-state index contributed by atoms with van der Waals surface area (Å²) in [5.41, 5.74) is 0.779. The summed E-state index contributed by atoms with van der Waals surface area (Å²) < 4.78 is 24.9. The van der Waals surface area contributed by atoms with Crippen LogP contribution in [0.25, 0.3) is 10.8 Å². The standard InChI is InChI=1S/C21H21N3O4S/c1-23(16-11-12-29(27,28)14-16)21(26)19-17-9-5-6-10-18(17)20(25)24(22-19)13-15-7-3-2-4-8-15/h2-10,16H,11-14H2,1H3. The van der Waals surface area contributed by atoms with E-state index in [1.807, 2.05) is 30.3 Å². The third-order valence-electron chi connectivity index (χ3n) is 5.32. The van der Waals surface area contributed by atoms with Gasteiger partial charge in [0.15, 0.2) is 15.5 Å². The van der Waals surface area contributed by atoms with Gasteiger partial charge in [-0.05, 0) is 18.1 Å². The minimum absolute atomic E-state index is 0.0448. The zero-order valence-corrected chi connectivity index (χ0v) is 16.8. The Kier molecular flexibility index (Phi) is 4.96. The number of rotatable bonds is 4. The Hall–Kier alpha value is -3.00. The molecule has 1 unspecified atom stereocenters. The van der Waals surface area contributed by atoms with E-state index in [9.17, 15) is 18.0 Å². The third-order valence-corrected chi connectivity index (χ3v) is 7.07. The first kappa shape index (κ1) is 19.3. The second kappa shape index (κ2) is 7.44. The Labute approximate surface area is 168 Å². The van der Waals surface area contributed by atoms with Crippen molar-refractivity contribution in [2.45, 2.75) is 19.0 Å². The fourth-order valence-electron chi connectivity index (χ4n) is 3.67. The Morgan fingerprint density at radius 1 is 1.10 bits per heavy atom. The van der Waals surface area contributed by atoms with E-state index in [0.29, 0.717) is 17.2 Å². The monoisotopic (exact) mass is 411 g/mol. The first-order chi connectivity index (χ1) is 13.9. The number of carbonyl (C=O) groups excluding carboxylic acids is 1. The van der Waals surface area contributed by atoms with Crippen LogP contribution in [-0.2, 0) is 16.4 Å². The molecule has 0 bridgehead atoms. The predicted octanol–water partition coefficient (Wildman–Crippen LogP) is 1.70. The molecule has 1 aliphatic heterocycles. The number of hydrogen-bond acceptors (Lipinski definition) is 5. The molecule has 2 heterocycles. The topological polar surface area (TPSA) is 89.3 Å². The molecule has 1 aromatic heterocycles. The highest BCUT2D eigenvalue weighted by atomic mass is 32.2. The molecule has 29 heavy (non-hydrogen) atoms. The summed E-state index contributed by atoms with van der Waals surface area (Å²) in [5, 5.41) is 5.27. The number of nitrogens with zero attached hydrogens (tertiary/aromatic N) is 3. The van der Waals surface area contributed by atoms with Gasteiger partial charge in [-0.1, -0.05) is 48.5 Å². The second-order valence-electron chi connectivity index (χ2n) is 7.32. The molecule has 1 atom stereocenters. The number of sulfone groups is 1. The van der Waals surface area contributed by atoms with Crippen LogP contribution < -0.4 is 5.56 Å². The lowest BCUT2D eigenvalue weighted by atomic mass is 10.1. The molecule has 8 heteroatoms. The average Bonchev–Trinajstić information content (AvgIpc) is 3.09. The summed E-state index contributed by atoms with van der Waals surface area (Å²) in [6.45, 7) is 0.242. The van der Waals surface area contributed by atoms with E-state index in [1.165, 1.54) is 9.58 Å². The van der Waals surface area contributed by atoms with Crippen molar-refractivity contribution in [3.63, 3.8) is 0 Å². The maximum absolute atomic E-state index is 13.2. The Morgan fingerprint density at radius 3 is 2.41 bits per heavy atom. The second-order valence-corrected chi connectivity index (χ2v) is 9.54. The van der Waals surface area contributed by atoms with Gasteiger partial charge in [-0.15, -0.1) is 0 Å². The minimum Gasteiger partial charge on any atom is -0.336 e. The lowest BCUT2D eigenvalue weighted by molar-refractivity contribution is 0.0741. The van der Waals surface area contributed by atoms with Crippen LogP contribution in [0.1, 0.15) is 22.5 Å². The van der Waals surface area contributed by atoms with Gasteiger partial charge in [-0.25, -0.2) is 13.1 Å². The lowest BCUT2D eigenvalue weighted by Gasteiger charge is -2.23. The van der Waals surface area contributed by atoms with Crippen LogP contribution in [-0.4, -0.2) is 53.6 Å². The van der Waals surface area contributed by atoms with Crippen molar-refractivity contribution in [2.75, 3.05) is 18.6 Å². The Bertz CT molecular complexity index is 1240. The van der Waals surface area contributed by atoms with Crippen molar-refractivity contribution >= 4 is 26.5 Å². The largest absolute Gasteiger partial charge is 0.336 e. The van der Waals surface area contributed by atoms with Crippen molar-refractivity contribution in [3.8, 4) is 0 Å². The predicted molar refractivity (Wildman–Crippen MR) is 111 cm³/mol. The van der Waals surface area contributed by atoms with Crippen LogP contribution in [0.5, 0.6) is 0 Å². The van der Waals surface area contributed by atoms with Gasteiger partial charge in [-0.3, -0.25) is 9.59 Å². The van der Waals surface area contributed by atoms with Crippen LogP contribution in [0, 0.1) is 0 Å². The molecule has 0 spiro atoms. The van der Waals surface area contributed by atoms with Gasteiger partial charge in [0.05, 0.1) is 23.4 Å². The maximum Gasteiger partial charge on any atom is 0.274 e. The minimum atomic E-state index is -3.12. The van der Waals surface area contributed by atoms with Crippen LogP contribution in [0.4, 0.5) is 0 Å². The number of aromatic nitrogens is 2.